The van der Waals surface area contributed by atoms with Crippen LogP contribution in [0.2, 0.25) is 0 Å². The van der Waals surface area contributed by atoms with Crippen LogP contribution >= 0.6 is 11.3 Å². The standard InChI is InChI=1S/C23H11N5O2S/c24-11-14-17-12-5-1-2-6-13(12)20(29)18(17)19(28(22(14)30)23-25-9-10-31-23)21-26-15-7-3-4-8-16(15)27-21/h1-10H,(H,26,27). The Morgan fingerprint density at radius 3 is 2.52 bits per heavy atom. The summed E-state index contributed by atoms with van der Waals surface area (Å²) in [5.74, 6) is 0.123. The molecule has 146 valence electrons. The topological polar surface area (TPSA) is 104 Å². The maximum Gasteiger partial charge on any atom is 0.276 e. The summed E-state index contributed by atoms with van der Waals surface area (Å²) in [6.45, 7) is 0. The summed E-state index contributed by atoms with van der Waals surface area (Å²) < 4.78 is 1.32. The maximum absolute atomic E-state index is 13.5. The van der Waals surface area contributed by atoms with E-state index >= 15 is 0 Å². The summed E-state index contributed by atoms with van der Waals surface area (Å²) in [4.78, 5) is 39.2. The van der Waals surface area contributed by atoms with Gasteiger partial charge in [-0.15, -0.1) is 11.3 Å². The molecule has 0 unspecified atom stereocenters. The lowest BCUT2D eigenvalue weighted by atomic mass is 9.99. The molecule has 0 atom stereocenters. The lowest BCUT2D eigenvalue weighted by Gasteiger charge is -2.14. The summed E-state index contributed by atoms with van der Waals surface area (Å²) in [6.07, 6.45) is 1.57. The Balaban J connectivity index is 1.83. The molecule has 3 heterocycles. The molecule has 7 nitrogen and oxygen atoms in total. The van der Waals surface area contributed by atoms with Gasteiger partial charge in [0.15, 0.2) is 16.7 Å². The van der Waals surface area contributed by atoms with Gasteiger partial charge in [0.05, 0.1) is 16.6 Å². The fraction of sp³-hybridized carbons (Fsp3) is 0. The first kappa shape index (κ1) is 17.5. The van der Waals surface area contributed by atoms with Crippen molar-refractivity contribution in [2.45, 2.75) is 0 Å². The van der Waals surface area contributed by atoms with E-state index < -0.39 is 5.56 Å². The molecule has 1 N–H and O–H groups in total. The van der Waals surface area contributed by atoms with Gasteiger partial charge in [-0.25, -0.2) is 14.5 Å². The normalized spacial score (nSPS) is 12.0. The average molecular weight is 421 g/mol. The van der Waals surface area contributed by atoms with Crippen molar-refractivity contribution in [2.75, 3.05) is 0 Å². The van der Waals surface area contributed by atoms with E-state index in [-0.39, 0.29) is 16.9 Å². The second-order valence-electron chi connectivity index (χ2n) is 7.02. The number of rotatable bonds is 2. The Morgan fingerprint density at radius 2 is 1.77 bits per heavy atom. The number of carbonyl (C=O) groups is 1. The number of nitriles is 1. The molecule has 0 saturated carbocycles. The van der Waals surface area contributed by atoms with Crippen LogP contribution < -0.4 is 5.56 Å². The third-order valence-electron chi connectivity index (χ3n) is 5.38. The van der Waals surface area contributed by atoms with Gasteiger partial charge >= 0.3 is 0 Å². The van der Waals surface area contributed by atoms with Crippen molar-refractivity contribution < 1.29 is 4.79 Å². The van der Waals surface area contributed by atoms with Crippen LogP contribution in [0.15, 0.2) is 64.9 Å². The quantitative estimate of drug-likeness (QED) is 0.456. The predicted octanol–water partition coefficient (Wildman–Crippen LogP) is 3.92. The van der Waals surface area contributed by atoms with Gasteiger partial charge in [0.1, 0.15) is 17.3 Å². The number of aromatic nitrogens is 4. The Kier molecular flexibility index (Phi) is 3.57. The third-order valence-corrected chi connectivity index (χ3v) is 6.14. The molecule has 1 aliphatic rings. The van der Waals surface area contributed by atoms with Crippen molar-refractivity contribution >= 4 is 28.2 Å². The molecule has 0 radical (unpaired) electrons. The number of carbonyl (C=O) groups excluding carboxylic acids is 1. The van der Waals surface area contributed by atoms with E-state index in [1.807, 2.05) is 30.3 Å². The Bertz CT molecular complexity index is 1600. The van der Waals surface area contributed by atoms with Gasteiger partial charge in [-0.1, -0.05) is 36.4 Å². The summed E-state index contributed by atoms with van der Waals surface area (Å²) in [7, 11) is 0. The van der Waals surface area contributed by atoms with E-state index in [1.54, 1.807) is 35.8 Å². The van der Waals surface area contributed by atoms with Crippen molar-refractivity contribution in [1.29, 1.82) is 5.26 Å². The van der Waals surface area contributed by atoms with Gasteiger partial charge in [0, 0.05) is 22.7 Å². The number of nitrogens with one attached hydrogen (secondary N) is 1. The van der Waals surface area contributed by atoms with E-state index in [4.69, 9.17) is 0 Å². The highest BCUT2D eigenvalue weighted by Gasteiger charge is 2.37. The predicted molar refractivity (Wildman–Crippen MR) is 116 cm³/mol. The van der Waals surface area contributed by atoms with E-state index in [9.17, 15) is 14.9 Å². The van der Waals surface area contributed by atoms with Crippen LogP contribution in [0.4, 0.5) is 0 Å². The molecular formula is C23H11N5O2S. The Labute approximate surface area is 178 Å². The summed E-state index contributed by atoms with van der Waals surface area (Å²) in [6, 6.07) is 16.5. The van der Waals surface area contributed by atoms with Gasteiger partial charge in [0.25, 0.3) is 5.56 Å². The minimum absolute atomic E-state index is 0.0802. The molecule has 0 saturated heterocycles. The van der Waals surface area contributed by atoms with Crippen molar-refractivity contribution in [1.82, 2.24) is 19.5 Å². The minimum Gasteiger partial charge on any atom is -0.337 e. The molecule has 31 heavy (non-hydrogen) atoms. The second-order valence-corrected chi connectivity index (χ2v) is 7.89. The van der Waals surface area contributed by atoms with Crippen molar-refractivity contribution in [2.24, 2.45) is 0 Å². The number of pyridine rings is 1. The molecule has 0 amide bonds. The van der Waals surface area contributed by atoms with Gasteiger partial charge in [-0.05, 0) is 17.7 Å². The minimum atomic E-state index is -0.531. The fourth-order valence-corrected chi connectivity index (χ4v) is 4.75. The molecule has 0 aliphatic heterocycles. The van der Waals surface area contributed by atoms with Crippen LogP contribution in [-0.2, 0) is 0 Å². The number of imidazole rings is 1. The molecule has 0 fully saturated rings. The SMILES string of the molecule is N#Cc1c2c(c(-c3nc4ccccc4[nH]3)n(-c3nccs3)c1=O)C(=O)c1ccccc1-2. The molecular weight excluding hydrogens is 410 g/mol. The zero-order chi connectivity index (χ0) is 21.1. The highest BCUT2D eigenvalue weighted by Crippen LogP contribution is 2.42. The number of fused-ring (bicyclic) bond motifs is 4. The van der Waals surface area contributed by atoms with Crippen LogP contribution in [0.25, 0.3) is 38.8 Å². The molecule has 2 aromatic carbocycles. The van der Waals surface area contributed by atoms with E-state index in [2.05, 4.69) is 15.0 Å². The van der Waals surface area contributed by atoms with Crippen molar-refractivity contribution in [3.63, 3.8) is 0 Å². The molecule has 5 aromatic rings. The molecule has 8 heteroatoms. The largest absolute Gasteiger partial charge is 0.337 e. The van der Waals surface area contributed by atoms with Crippen molar-refractivity contribution in [3.8, 4) is 33.8 Å². The number of aromatic amines is 1. The first-order valence-electron chi connectivity index (χ1n) is 9.41. The summed E-state index contributed by atoms with van der Waals surface area (Å²) in [5, 5.41) is 12.0. The lowest BCUT2D eigenvalue weighted by molar-refractivity contribution is 0.104. The van der Waals surface area contributed by atoms with Gasteiger partial charge in [0.2, 0.25) is 0 Å². The molecule has 0 spiro atoms. The number of nitrogens with zero attached hydrogens (tertiary/aromatic N) is 4. The van der Waals surface area contributed by atoms with Crippen molar-refractivity contribution in [3.05, 3.63) is 87.2 Å². The van der Waals surface area contributed by atoms with Gasteiger partial charge < -0.3 is 4.98 Å². The van der Waals surface area contributed by atoms with E-state index in [0.29, 0.717) is 38.9 Å². The highest BCUT2D eigenvalue weighted by atomic mass is 32.1. The molecule has 3 aromatic heterocycles. The van der Waals surface area contributed by atoms with Crippen LogP contribution in [0.1, 0.15) is 21.5 Å². The summed E-state index contributed by atoms with van der Waals surface area (Å²) in [5.41, 5.74) is 2.87. The van der Waals surface area contributed by atoms with Gasteiger partial charge in [-0.3, -0.25) is 9.59 Å². The summed E-state index contributed by atoms with van der Waals surface area (Å²) >= 11 is 1.25. The zero-order valence-electron chi connectivity index (χ0n) is 15.8. The van der Waals surface area contributed by atoms with Crippen LogP contribution in [-0.4, -0.2) is 25.3 Å². The number of para-hydroxylation sites is 2. The molecule has 1 aliphatic carbocycles. The Hall–Kier alpha value is -4.35. The smallest absolute Gasteiger partial charge is 0.276 e. The number of hydrogen-bond donors (Lipinski definition) is 1. The van der Waals surface area contributed by atoms with Crippen LogP contribution in [0.5, 0.6) is 0 Å². The number of ketones is 1. The number of thiazole rings is 1. The van der Waals surface area contributed by atoms with Crippen LogP contribution in [0, 0.1) is 11.3 Å². The third kappa shape index (κ3) is 2.32. The van der Waals surface area contributed by atoms with Gasteiger partial charge in [-0.2, -0.15) is 5.26 Å². The number of benzene rings is 2. The first-order chi connectivity index (χ1) is 15.2. The first-order valence-corrected chi connectivity index (χ1v) is 10.3. The monoisotopic (exact) mass is 421 g/mol. The second kappa shape index (κ2) is 6.32. The lowest BCUT2D eigenvalue weighted by Crippen LogP contribution is -2.26. The average Bonchev–Trinajstić information content (AvgIpc) is 3.52. The maximum atomic E-state index is 13.5. The number of H-pyrrole nitrogens is 1. The molecule has 6 rings (SSSR count). The fourth-order valence-electron chi connectivity index (χ4n) is 4.10. The van der Waals surface area contributed by atoms with E-state index in [0.717, 1.165) is 5.52 Å². The number of hydrogen-bond acceptors (Lipinski definition) is 6. The molecule has 0 bridgehead atoms. The van der Waals surface area contributed by atoms with Crippen LogP contribution in [0.3, 0.4) is 0 Å². The van der Waals surface area contributed by atoms with E-state index in [1.165, 1.54) is 15.9 Å². The zero-order valence-corrected chi connectivity index (χ0v) is 16.6. The highest BCUT2D eigenvalue weighted by molar-refractivity contribution is 7.12. The Morgan fingerprint density at radius 1 is 1.00 bits per heavy atom.